The fourth-order valence-electron chi connectivity index (χ4n) is 2.38. The number of aromatic nitrogens is 2. The topological polar surface area (TPSA) is 58.0 Å². The Balaban J connectivity index is 2.01. The van der Waals surface area contributed by atoms with E-state index in [2.05, 4.69) is 22.2 Å². The minimum absolute atomic E-state index is 0.543. The summed E-state index contributed by atoms with van der Waals surface area (Å²) in [5.74, 6) is 0. The summed E-state index contributed by atoms with van der Waals surface area (Å²) in [7, 11) is 0. The van der Waals surface area contributed by atoms with Gasteiger partial charge in [-0.25, -0.2) is 0 Å². The van der Waals surface area contributed by atoms with Crippen molar-refractivity contribution in [2.24, 2.45) is 0 Å². The van der Waals surface area contributed by atoms with Crippen LogP contribution < -0.4 is 5.32 Å². The molecule has 1 heterocycles. The molecule has 0 aromatic carbocycles. The quantitative estimate of drug-likeness (QED) is 0.805. The van der Waals surface area contributed by atoms with E-state index >= 15 is 0 Å². The predicted molar refractivity (Wildman–Crippen MR) is 61.9 cm³/mol. The SMILES string of the molecule is CCNC1CCC(O)(c2cnccn2)CC1. The Kier molecular flexibility index (Phi) is 3.51. The largest absolute Gasteiger partial charge is 0.383 e. The highest BCUT2D eigenvalue weighted by molar-refractivity contribution is 5.09. The molecule has 1 aliphatic rings. The first-order chi connectivity index (χ1) is 7.74. The van der Waals surface area contributed by atoms with Crippen molar-refractivity contribution < 1.29 is 5.11 Å². The second kappa shape index (κ2) is 4.89. The molecule has 4 nitrogen and oxygen atoms in total. The fourth-order valence-corrected chi connectivity index (χ4v) is 2.38. The van der Waals surface area contributed by atoms with Crippen molar-refractivity contribution in [3.8, 4) is 0 Å². The zero-order valence-corrected chi connectivity index (χ0v) is 9.69. The van der Waals surface area contributed by atoms with E-state index in [0.717, 1.165) is 32.2 Å². The maximum absolute atomic E-state index is 10.5. The molecule has 0 spiro atoms. The summed E-state index contributed by atoms with van der Waals surface area (Å²) >= 11 is 0. The van der Waals surface area contributed by atoms with Crippen LogP contribution >= 0.6 is 0 Å². The third-order valence-electron chi connectivity index (χ3n) is 3.35. The summed E-state index contributed by atoms with van der Waals surface area (Å²) in [4.78, 5) is 8.23. The van der Waals surface area contributed by atoms with Gasteiger partial charge in [-0.05, 0) is 32.2 Å². The van der Waals surface area contributed by atoms with Gasteiger partial charge in [-0.3, -0.25) is 9.97 Å². The van der Waals surface area contributed by atoms with Gasteiger partial charge < -0.3 is 10.4 Å². The Hall–Kier alpha value is -1.00. The number of aliphatic hydroxyl groups is 1. The van der Waals surface area contributed by atoms with Crippen LogP contribution in [0.3, 0.4) is 0 Å². The van der Waals surface area contributed by atoms with Gasteiger partial charge >= 0.3 is 0 Å². The lowest BCUT2D eigenvalue weighted by Gasteiger charge is -2.35. The monoisotopic (exact) mass is 221 g/mol. The number of nitrogens with one attached hydrogen (secondary N) is 1. The molecule has 0 bridgehead atoms. The van der Waals surface area contributed by atoms with Crippen molar-refractivity contribution in [1.29, 1.82) is 0 Å². The van der Waals surface area contributed by atoms with Crippen LogP contribution in [-0.2, 0) is 5.60 Å². The Bertz CT molecular complexity index is 320. The van der Waals surface area contributed by atoms with E-state index in [1.807, 2.05) is 0 Å². The number of rotatable bonds is 3. The molecule has 0 radical (unpaired) electrons. The van der Waals surface area contributed by atoms with E-state index in [1.54, 1.807) is 18.6 Å². The highest BCUT2D eigenvalue weighted by Gasteiger charge is 2.35. The third-order valence-corrected chi connectivity index (χ3v) is 3.35. The molecular weight excluding hydrogens is 202 g/mol. The highest BCUT2D eigenvalue weighted by atomic mass is 16.3. The molecule has 1 aromatic heterocycles. The summed E-state index contributed by atoms with van der Waals surface area (Å²) in [6.45, 7) is 3.11. The first-order valence-corrected chi connectivity index (χ1v) is 5.97. The minimum atomic E-state index is -0.764. The van der Waals surface area contributed by atoms with Crippen LogP contribution in [0, 0.1) is 0 Å². The lowest BCUT2D eigenvalue weighted by Crippen LogP contribution is -2.40. The van der Waals surface area contributed by atoms with Gasteiger partial charge in [0.05, 0.1) is 11.9 Å². The van der Waals surface area contributed by atoms with Crippen LogP contribution in [-0.4, -0.2) is 27.7 Å². The molecule has 2 rings (SSSR count). The summed E-state index contributed by atoms with van der Waals surface area (Å²) < 4.78 is 0. The van der Waals surface area contributed by atoms with Crippen LogP contribution in [0.15, 0.2) is 18.6 Å². The minimum Gasteiger partial charge on any atom is -0.383 e. The second-order valence-electron chi connectivity index (χ2n) is 4.45. The fraction of sp³-hybridized carbons (Fsp3) is 0.667. The average molecular weight is 221 g/mol. The maximum Gasteiger partial charge on any atom is 0.108 e. The molecule has 1 aliphatic carbocycles. The second-order valence-corrected chi connectivity index (χ2v) is 4.45. The lowest BCUT2D eigenvalue weighted by molar-refractivity contribution is -0.0123. The van der Waals surface area contributed by atoms with E-state index in [-0.39, 0.29) is 0 Å². The summed E-state index contributed by atoms with van der Waals surface area (Å²) in [6, 6.07) is 0.543. The number of hydrogen-bond acceptors (Lipinski definition) is 4. The van der Waals surface area contributed by atoms with Gasteiger partial charge in [-0.1, -0.05) is 6.92 Å². The van der Waals surface area contributed by atoms with Crippen LogP contribution in [0.5, 0.6) is 0 Å². The molecule has 0 amide bonds. The van der Waals surface area contributed by atoms with Crippen molar-refractivity contribution >= 4 is 0 Å². The highest BCUT2D eigenvalue weighted by Crippen LogP contribution is 2.35. The summed E-state index contributed by atoms with van der Waals surface area (Å²) in [6.07, 6.45) is 8.49. The van der Waals surface area contributed by atoms with E-state index in [9.17, 15) is 5.11 Å². The first kappa shape index (κ1) is 11.5. The molecule has 0 aliphatic heterocycles. The van der Waals surface area contributed by atoms with Gasteiger partial charge in [0.25, 0.3) is 0 Å². The molecule has 4 heteroatoms. The van der Waals surface area contributed by atoms with E-state index < -0.39 is 5.60 Å². The molecular formula is C12H19N3O. The number of nitrogens with zero attached hydrogens (tertiary/aromatic N) is 2. The van der Waals surface area contributed by atoms with Crippen molar-refractivity contribution in [1.82, 2.24) is 15.3 Å². The van der Waals surface area contributed by atoms with Gasteiger partial charge in [0.2, 0.25) is 0 Å². The van der Waals surface area contributed by atoms with Gasteiger partial charge in [0.1, 0.15) is 5.60 Å². The average Bonchev–Trinajstić information content (AvgIpc) is 2.34. The molecule has 1 aromatic rings. The molecule has 88 valence electrons. The Morgan fingerprint density at radius 1 is 1.44 bits per heavy atom. The smallest absolute Gasteiger partial charge is 0.108 e. The molecule has 0 saturated heterocycles. The van der Waals surface area contributed by atoms with Crippen LogP contribution in [0.25, 0.3) is 0 Å². The standard InChI is InChI=1S/C12H19N3O/c1-2-14-10-3-5-12(16,6-4-10)11-9-13-7-8-15-11/h7-10,14,16H,2-6H2,1H3. The predicted octanol–water partition coefficient (Wildman–Crippen LogP) is 1.22. The van der Waals surface area contributed by atoms with Gasteiger partial charge in [-0.2, -0.15) is 0 Å². The maximum atomic E-state index is 10.5. The Morgan fingerprint density at radius 2 is 2.19 bits per heavy atom. The van der Waals surface area contributed by atoms with E-state index in [4.69, 9.17) is 0 Å². The third kappa shape index (κ3) is 2.39. The van der Waals surface area contributed by atoms with Gasteiger partial charge in [-0.15, -0.1) is 0 Å². The lowest BCUT2D eigenvalue weighted by atomic mass is 9.80. The summed E-state index contributed by atoms with van der Waals surface area (Å²) in [5, 5.41) is 13.9. The zero-order valence-electron chi connectivity index (χ0n) is 9.69. The van der Waals surface area contributed by atoms with Gasteiger partial charge in [0.15, 0.2) is 0 Å². The molecule has 16 heavy (non-hydrogen) atoms. The van der Waals surface area contributed by atoms with Crippen molar-refractivity contribution in [3.05, 3.63) is 24.3 Å². The van der Waals surface area contributed by atoms with Crippen LogP contribution in [0.2, 0.25) is 0 Å². The molecule has 1 fully saturated rings. The normalized spacial score (nSPS) is 30.2. The summed E-state index contributed by atoms with van der Waals surface area (Å²) in [5.41, 5.74) is -0.0508. The van der Waals surface area contributed by atoms with Crippen molar-refractivity contribution in [2.75, 3.05) is 6.54 Å². The molecule has 0 unspecified atom stereocenters. The first-order valence-electron chi connectivity index (χ1n) is 5.97. The van der Waals surface area contributed by atoms with Crippen molar-refractivity contribution in [2.45, 2.75) is 44.2 Å². The van der Waals surface area contributed by atoms with Crippen LogP contribution in [0.1, 0.15) is 38.3 Å². The molecule has 0 atom stereocenters. The number of hydrogen-bond donors (Lipinski definition) is 2. The van der Waals surface area contributed by atoms with Crippen LogP contribution in [0.4, 0.5) is 0 Å². The Labute approximate surface area is 96.1 Å². The Morgan fingerprint density at radius 3 is 2.75 bits per heavy atom. The van der Waals surface area contributed by atoms with E-state index in [0.29, 0.717) is 11.7 Å². The zero-order chi connectivity index (χ0) is 11.4. The van der Waals surface area contributed by atoms with E-state index in [1.165, 1.54) is 0 Å². The van der Waals surface area contributed by atoms with Gasteiger partial charge in [0, 0.05) is 18.4 Å². The van der Waals surface area contributed by atoms with Crippen molar-refractivity contribution in [3.63, 3.8) is 0 Å². The molecule has 1 saturated carbocycles. The molecule has 2 N–H and O–H groups in total.